The van der Waals surface area contributed by atoms with E-state index in [4.69, 9.17) is 37.0 Å². The van der Waals surface area contributed by atoms with Crippen LogP contribution in [0.15, 0.2) is 0 Å². The summed E-state index contributed by atoms with van der Waals surface area (Å²) in [4.78, 5) is 72.6. The number of phosphoric ester groups is 2. The van der Waals surface area contributed by atoms with Gasteiger partial charge >= 0.3 is 39.5 Å². The number of rotatable bonds is 71. The molecule has 5 atom stereocenters. The predicted octanol–water partition coefficient (Wildman–Crippen LogP) is 21.0. The van der Waals surface area contributed by atoms with E-state index >= 15 is 0 Å². The van der Waals surface area contributed by atoms with Crippen molar-refractivity contribution in [3.05, 3.63) is 0 Å². The number of unbranched alkanes of at least 4 members (excludes halogenated alkanes) is 39. The SMILES string of the molecule is CCCCCCCCCCCCCCC(=O)OC[C@H](COP(=O)(O)OC[C@@H](O)COP(=O)(O)OC[C@@H](COC(=O)CCCCCCCCCC(C)C)OC(=O)CCCCCCCCCCC(C)C)OC(=O)CCCCCCCCCCCCCCCCCCC(C)C. The quantitative estimate of drug-likeness (QED) is 0.0222. The van der Waals surface area contributed by atoms with Crippen molar-refractivity contribution in [1.82, 2.24) is 0 Å². The van der Waals surface area contributed by atoms with Gasteiger partial charge in [-0.15, -0.1) is 0 Å². The Hall–Kier alpha value is -1.94. The second-order valence-corrected chi connectivity index (χ2v) is 30.7. The predicted molar refractivity (Wildman–Crippen MR) is 372 cm³/mol. The van der Waals surface area contributed by atoms with Gasteiger partial charge in [-0.3, -0.25) is 37.3 Å². The summed E-state index contributed by atoms with van der Waals surface area (Å²) in [6.45, 7) is 11.8. The molecule has 0 aliphatic rings. The summed E-state index contributed by atoms with van der Waals surface area (Å²) >= 11 is 0. The van der Waals surface area contributed by atoms with Gasteiger partial charge in [0.25, 0.3) is 0 Å². The summed E-state index contributed by atoms with van der Waals surface area (Å²) in [5.74, 6) is 0.109. The van der Waals surface area contributed by atoms with Gasteiger partial charge in [0.2, 0.25) is 0 Å². The number of aliphatic hydroxyl groups excluding tert-OH is 1. The van der Waals surface area contributed by atoms with Gasteiger partial charge in [0, 0.05) is 25.7 Å². The molecule has 0 aromatic carbocycles. The van der Waals surface area contributed by atoms with Gasteiger partial charge in [0.05, 0.1) is 26.4 Å². The second kappa shape index (κ2) is 63.8. The lowest BCUT2D eigenvalue weighted by atomic mass is 10.0. The Labute approximate surface area is 562 Å². The van der Waals surface area contributed by atoms with E-state index in [1.807, 2.05) is 0 Å². The van der Waals surface area contributed by atoms with Crippen molar-refractivity contribution in [2.45, 2.75) is 388 Å². The largest absolute Gasteiger partial charge is 0.472 e. The minimum atomic E-state index is -4.95. The van der Waals surface area contributed by atoms with E-state index in [0.29, 0.717) is 31.6 Å². The molecule has 0 heterocycles. The lowest BCUT2D eigenvalue weighted by Crippen LogP contribution is -2.30. The van der Waals surface area contributed by atoms with Crippen LogP contribution in [-0.4, -0.2) is 96.7 Å². The molecular weight excluding hydrogens is 1210 g/mol. The fourth-order valence-electron chi connectivity index (χ4n) is 11.1. The Morgan fingerprint density at radius 1 is 0.293 bits per heavy atom. The highest BCUT2D eigenvalue weighted by Crippen LogP contribution is 2.45. The number of carbonyl (C=O) groups is 4. The molecule has 0 aromatic heterocycles. The van der Waals surface area contributed by atoms with Crippen molar-refractivity contribution in [3.8, 4) is 0 Å². The molecule has 0 aliphatic heterocycles. The highest BCUT2D eigenvalue weighted by molar-refractivity contribution is 7.47. The second-order valence-electron chi connectivity index (χ2n) is 27.8. The highest BCUT2D eigenvalue weighted by Gasteiger charge is 2.30. The van der Waals surface area contributed by atoms with Gasteiger partial charge in [0.1, 0.15) is 19.3 Å². The zero-order valence-corrected chi connectivity index (χ0v) is 61.8. The maximum atomic E-state index is 13.0. The van der Waals surface area contributed by atoms with Crippen LogP contribution < -0.4 is 0 Å². The molecule has 0 aliphatic carbocycles. The van der Waals surface area contributed by atoms with Gasteiger partial charge in [0.15, 0.2) is 12.2 Å². The van der Waals surface area contributed by atoms with Crippen molar-refractivity contribution < 1.29 is 80.2 Å². The molecule has 0 amide bonds. The first-order valence-corrected chi connectivity index (χ1v) is 40.8. The molecule has 0 saturated heterocycles. The minimum Gasteiger partial charge on any atom is -0.462 e. The van der Waals surface area contributed by atoms with E-state index < -0.39 is 97.5 Å². The van der Waals surface area contributed by atoms with Crippen LogP contribution in [0.25, 0.3) is 0 Å². The Kier molecular flexibility index (Phi) is 62.4. The first-order valence-electron chi connectivity index (χ1n) is 37.8. The average molecular weight is 1350 g/mol. The fraction of sp³-hybridized carbons (Fsp3) is 0.945. The van der Waals surface area contributed by atoms with Crippen LogP contribution in [0, 0.1) is 17.8 Å². The van der Waals surface area contributed by atoms with Crippen molar-refractivity contribution in [3.63, 3.8) is 0 Å². The molecule has 0 fully saturated rings. The number of aliphatic hydroxyl groups is 1. The highest BCUT2D eigenvalue weighted by atomic mass is 31.2. The minimum absolute atomic E-state index is 0.104. The van der Waals surface area contributed by atoms with Crippen LogP contribution >= 0.6 is 15.6 Å². The molecule has 92 heavy (non-hydrogen) atoms. The van der Waals surface area contributed by atoms with Crippen LogP contribution in [0.5, 0.6) is 0 Å². The molecule has 546 valence electrons. The van der Waals surface area contributed by atoms with E-state index in [-0.39, 0.29) is 25.7 Å². The zero-order valence-electron chi connectivity index (χ0n) is 60.0. The van der Waals surface area contributed by atoms with E-state index in [1.165, 1.54) is 173 Å². The van der Waals surface area contributed by atoms with Crippen molar-refractivity contribution in [2.24, 2.45) is 17.8 Å². The Morgan fingerprint density at radius 3 is 0.739 bits per heavy atom. The van der Waals surface area contributed by atoms with E-state index in [0.717, 1.165) is 108 Å². The average Bonchev–Trinajstić information content (AvgIpc) is 2.00. The van der Waals surface area contributed by atoms with Crippen LogP contribution in [0.2, 0.25) is 0 Å². The summed E-state index contributed by atoms with van der Waals surface area (Å²) in [6, 6.07) is 0. The Balaban J connectivity index is 5.21. The van der Waals surface area contributed by atoms with E-state index in [2.05, 4.69) is 48.5 Å². The van der Waals surface area contributed by atoms with Gasteiger partial charge in [-0.2, -0.15) is 0 Å². The van der Waals surface area contributed by atoms with E-state index in [1.54, 1.807) is 0 Å². The maximum absolute atomic E-state index is 13.0. The van der Waals surface area contributed by atoms with Crippen molar-refractivity contribution in [2.75, 3.05) is 39.6 Å². The summed E-state index contributed by atoms with van der Waals surface area (Å²) in [7, 11) is -9.90. The molecule has 19 heteroatoms. The third-order valence-electron chi connectivity index (χ3n) is 16.9. The first-order chi connectivity index (χ1) is 44.2. The van der Waals surface area contributed by atoms with E-state index in [9.17, 15) is 43.2 Å². The molecule has 17 nitrogen and oxygen atoms in total. The summed E-state index contributed by atoms with van der Waals surface area (Å²) in [5, 5.41) is 10.6. The maximum Gasteiger partial charge on any atom is 0.472 e. The molecule has 2 unspecified atom stereocenters. The smallest absolute Gasteiger partial charge is 0.462 e. The third kappa shape index (κ3) is 66.7. The standard InChI is InChI=1S/C73H142O17P2/c1-8-9-10-11-12-13-14-22-25-33-40-47-54-70(75)83-60-68(89-72(77)56-49-42-34-26-23-20-18-16-15-17-19-21-24-30-37-44-51-64(2)3)62-87-91(79,80)85-58-67(74)59-86-92(81,82)88-63-69(61-84-71(76)55-48-41-36-29-32-39-46-53-66(6)7)90-73(78)57-50-43-35-28-27-31-38-45-52-65(4)5/h64-69,74H,8-63H2,1-7H3,(H,79,80)(H,81,82)/t67-,68-,69-/m1/s1. The number of ether oxygens (including phenoxy) is 4. The van der Waals surface area contributed by atoms with Crippen LogP contribution in [0.3, 0.4) is 0 Å². The Bertz CT molecular complexity index is 1800. The van der Waals surface area contributed by atoms with Crippen molar-refractivity contribution in [1.29, 1.82) is 0 Å². The number of esters is 4. The van der Waals surface area contributed by atoms with Crippen molar-refractivity contribution >= 4 is 39.5 Å². The number of hydrogen-bond acceptors (Lipinski definition) is 15. The molecule has 0 radical (unpaired) electrons. The number of carbonyl (C=O) groups excluding carboxylic acids is 4. The van der Waals surface area contributed by atoms with Crippen LogP contribution in [0.1, 0.15) is 370 Å². The zero-order chi connectivity index (χ0) is 68.0. The topological polar surface area (TPSA) is 237 Å². The first kappa shape index (κ1) is 90.1. The van der Waals surface area contributed by atoms with Gasteiger partial charge in [-0.25, -0.2) is 9.13 Å². The lowest BCUT2D eigenvalue weighted by molar-refractivity contribution is -0.161. The third-order valence-corrected chi connectivity index (χ3v) is 18.8. The Morgan fingerprint density at radius 2 is 0.500 bits per heavy atom. The molecule has 0 aromatic rings. The fourth-order valence-corrected chi connectivity index (χ4v) is 12.7. The molecule has 3 N–H and O–H groups in total. The van der Waals surface area contributed by atoms with Crippen LogP contribution in [-0.2, 0) is 65.4 Å². The summed E-state index contributed by atoms with van der Waals surface area (Å²) < 4.78 is 68.4. The molecular formula is C73H142O17P2. The molecule has 0 spiro atoms. The van der Waals surface area contributed by atoms with Crippen LogP contribution in [0.4, 0.5) is 0 Å². The number of hydrogen-bond donors (Lipinski definition) is 3. The lowest BCUT2D eigenvalue weighted by Gasteiger charge is -2.21. The van der Waals surface area contributed by atoms with Gasteiger partial charge < -0.3 is 33.8 Å². The number of phosphoric acid groups is 2. The normalized spacial score (nSPS) is 14.1. The molecule has 0 saturated carbocycles. The summed E-state index contributed by atoms with van der Waals surface area (Å²) in [6.07, 6.45) is 48.7. The van der Waals surface area contributed by atoms with Gasteiger partial charge in [-0.05, 0) is 43.4 Å². The monoisotopic (exact) mass is 1350 g/mol. The summed E-state index contributed by atoms with van der Waals surface area (Å²) in [5.41, 5.74) is 0. The van der Waals surface area contributed by atoms with Gasteiger partial charge in [-0.1, -0.05) is 318 Å². The molecule has 0 rings (SSSR count). The molecule has 0 bridgehead atoms.